The third kappa shape index (κ3) is 4.88. The fourth-order valence-electron chi connectivity index (χ4n) is 2.04. The summed E-state index contributed by atoms with van der Waals surface area (Å²) >= 11 is 0. The minimum Gasteiger partial charge on any atom is -0.463 e. The molecule has 1 heterocycles. The van der Waals surface area contributed by atoms with Crippen molar-refractivity contribution < 1.29 is 14.3 Å². The van der Waals surface area contributed by atoms with Crippen LogP contribution in [0.4, 0.5) is 0 Å². The van der Waals surface area contributed by atoms with E-state index in [-0.39, 0.29) is 5.97 Å². The monoisotopic (exact) mass is 241 g/mol. The molecule has 1 saturated heterocycles. The number of ether oxygens (including phenoxy) is 2. The van der Waals surface area contributed by atoms with Crippen molar-refractivity contribution in [3.05, 3.63) is 12.2 Å². The number of nitrogens with zero attached hydrogens (tertiary/aromatic N) is 1. The molecule has 4 nitrogen and oxygen atoms in total. The lowest BCUT2D eigenvalue weighted by Gasteiger charge is -2.31. The van der Waals surface area contributed by atoms with Crippen LogP contribution in [0.3, 0.4) is 0 Å². The summed E-state index contributed by atoms with van der Waals surface area (Å²) in [6.07, 6.45) is 2.44. The van der Waals surface area contributed by atoms with E-state index in [9.17, 15) is 4.79 Å². The Morgan fingerprint density at radius 2 is 1.94 bits per heavy atom. The van der Waals surface area contributed by atoms with Crippen LogP contribution in [-0.2, 0) is 14.3 Å². The largest absolute Gasteiger partial charge is 0.463 e. The van der Waals surface area contributed by atoms with Gasteiger partial charge in [0.2, 0.25) is 0 Å². The summed E-state index contributed by atoms with van der Waals surface area (Å²) in [6.45, 7) is 11.3. The summed E-state index contributed by atoms with van der Waals surface area (Å²) in [5.74, 6) is -0.278. The quantitative estimate of drug-likeness (QED) is 0.523. The van der Waals surface area contributed by atoms with Crippen LogP contribution in [0.2, 0.25) is 0 Å². The minimum atomic E-state index is -0.278. The lowest BCUT2D eigenvalue weighted by Crippen LogP contribution is -2.38. The van der Waals surface area contributed by atoms with Crippen molar-refractivity contribution in [2.45, 2.75) is 32.8 Å². The predicted octanol–water partition coefficient (Wildman–Crippen LogP) is 1.61. The van der Waals surface area contributed by atoms with E-state index in [2.05, 4.69) is 11.5 Å². The maximum absolute atomic E-state index is 11.4. The smallest absolute Gasteiger partial charge is 0.334 e. The van der Waals surface area contributed by atoms with E-state index in [1.807, 2.05) is 6.92 Å². The second-order valence-electron chi connectivity index (χ2n) is 4.25. The first-order valence-corrected chi connectivity index (χ1v) is 6.36. The Kier molecular flexibility index (Phi) is 6.22. The molecule has 0 spiro atoms. The van der Waals surface area contributed by atoms with Gasteiger partial charge in [-0.1, -0.05) is 6.58 Å². The van der Waals surface area contributed by atoms with Crippen LogP contribution in [0.1, 0.15) is 26.7 Å². The molecule has 0 bridgehead atoms. The van der Waals surface area contributed by atoms with Crippen LogP contribution < -0.4 is 0 Å². The van der Waals surface area contributed by atoms with E-state index in [0.29, 0.717) is 24.8 Å². The average Bonchev–Trinajstić information content (AvgIpc) is 2.32. The SMILES string of the molecule is C=C(CN1CCC(OCC)CC1)C(=O)OCC. The Labute approximate surface area is 104 Å². The van der Waals surface area contributed by atoms with E-state index in [1.54, 1.807) is 6.92 Å². The number of carbonyl (C=O) groups is 1. The first kappa shape index (κ1) is 14.2. The number of likely N-dealkylation sites (tertiary alicyclic amines) is 1. The Bertz CT molecular complexity index is 257. The highest BCUT2D eigenvalue weighted by molar-refractivity contribution is 5.88. The molecule has 1 fully saturated rings. The van der Waals surface area contributed by atoms with E-state index in [1.165, 1.54) is 0 Å². The average molecular weight is 241 g/mol. The fraction of sp³-hybridized carbons (Fsp3) is 0.769. The van der Waals surface area contributed by atoms with Crippen molar-refractivity contribution in [3.63, 3.8) is 0 Å². The molecule has 0 atom stereocenters. The van der Waals surface area contributed by atoms with Gasteiger partial charge in [-0.05, 0) is 26.7 Å². The summed E-state index contributed by atoms with van der Waals surface area (Å²) in [5.41, 5.74) is 0.543. The molecule has 0 aliphatic carbocycles. The van der Waals surface area contributed by atoms with Crippen molar-refractivity contribution in [3.8, 4) is 0 Å². The van der Waals surface area contributed by atoms with Crippen LogP contribution in [0.5, 0.6) is 0 Å². The normalized spacial score (nSPS) is 18.0. The van der Waals surface area contributed by atoms with E-state index < -0.39 is 0 Å². The summed E-state index contributed by atoms with van der Waals surface area (Å²) in [4.78, 5) is 13.6. The van der Waals surface area contributed by atoms with Gasteiger partial charge in [-0.3, -0.25) is 4.90 Å². The van der Waals surface area contributed by atoms with Gasteiger partial charge < -0.3 is 9.47 Å². The fourth-order valence-corrected chi connectivity index (χ4v) is 2.04. The highest BCUT2D eigenvalue weighted by atomic mass is 16.5. The van der Waals surface area contributed by atoms with Gasteiger partial charge in [-0.2, -0.15) is 0 Å². The molecule has 0 aromatic heterocycles. The summed E-state index contributed by atoms with van der Waals surface area (Å²) in [7, 11) is 0. The second kappa shape index (κ2) is 7.45. The highest BCUT2D eigenvalue weighted by Gasteiger charge is 2.21. The number of carbonyl (C=O) groups excluding carboxylic acids is 1. The van der Waals surface area contributed by atoms with Gasteiger partial charge in [0, 0.05) is 31.8 Å². The molecule has 1 rings (SSSR count). The van der Waals surface area contributed by atoms with Crippen molar-refractivity contribution in [2.75, 3.05) is 32.8 Å². The maximum atomic E-state index is 11.4. The zero-order valence-corrected chi connectivity index (χ0v) is 10.9. The Morgan fingerprint density at radius 3 is 2.47 bits per heavy atom. The molecule has 98 valence electrons. The van der Waals surface area contributed by atoms with Crippen LogP contribution in [0.25, 0.3) is 0 Å². The van der Waals surface area contributed by atoms with Gasteiger partial charge in [0.1, 0.15) is 0 Å². The zero-order chi connectivity index (χ0) is 12.7. The molecule has 0 radical (unpaired) electrons. The lowest BCUT2D eigenvalue weighted by atomic mass is 10.1. The summed E-state index contributed by atoms with van der Waals surface area (Å²) in [6, 6.07) is 0. The molecular formula is C13H23NO3. The topological polar surface area (TPSA) is 38.8 Å². The summed E-state index contributed by atoms with van der Waals surface area (Å²) < 4.78 is 10.5. The molecule has 0 aromatic carbocycles. The van der Waals surface area contributed by atoms with E-state index in [0.717, 1.165) is 32.5 Å². The standard InChI is InChI=1S/C13H23NO3/c1-4-16-12-6-8-14(9-7-12)10-11(3)13(15)17-5-2/h12H,3-10H2,1-2H3. The third-order valence-electron chi connectivity index (χ3n) is 2.92. The third-order valence-corrected chi connectivity index (χ3v) is 2.92. The predicted molar refractivity (Wildman–Crippen MR) is 66.9 cm³/mol. The number of esters is 1. The number of piperidine rings is 1. The molecule has 0 N–H and O–H groups in total. The maximum Gasteiger partial charge on any atom is 0.334 e. The van der Waals surface area contributed by atoms with Crippen LogP contribution in [-0.4, -0.2) is 49.8 Å². The molecule has 0 amide bonds. The van der Waals surface area contributed by atoms with Gasteiger partial charge in [0.25, 0.3) is 0 Å². The van der Waals surface area contributed by atoms with Gasteiger partial charge in [0.05, 0.1) is 12.7 Å². The second-order valence-corrected chi connectivity index (χ2v) is 4.25. The van der Waals surface area contributed by atoms with Gasteiger partial charge in [0.15, 0.2) is 0 Å². The minimum absolute atomic E-state index is 0.278. The molecular weight excluding hydrogens is 218 g/mol. The molecule has 17 heavy (non-hydrogen) atoms. The Balaban J connectivity index is 2.25. The molecule has 1 aliphatic heterocycles. The van der Waals surface area contributed by atoms with Gasteiger partial charge >= 0.3 is 5.97 Å². The lowest BCUT2D eigenvalue weighted by molar-refractivity contribution is -0.138. The molecule has 0 aromatic rings. The van der Waals surface area contributed by atoms with Gasteiger partial charge in [-0.15, -0.1) is 0 Å². The molecule has 4 heteroatoms. The number of rotatable bonds is 6. The van der Waals surface area contributed by atoms with Crippen LogP contribution in [0.15, 0.2) is 12.2 Å². The van der Waals surface area contributed by atoms with Crippen molar-refractivity contribution >= 4 is 5.97 Å². The van der Waals surface area contributed by atoms with E-state index in [4.69, 9.17) is 9.47 Å². The van der Waals surface area contributed by atoms with Crippen molar-refractivity contribution in [1.82, 2.24) is 4.90 Å². The van der Waals surface area contributed by atoms with Crippen LogP contribution in [0, 0.1) is 0 Å². The molecule has 0 saturated carbocycles. The Hall–Kier alpha value is -0.870. The Morgan fingerprint density at radius 1 is 1.29 bits per heavy atom. The van der Waals surface area contributed by atoms with Crippen molar-refractivity contribution in [1.29, 1.82) is 0 Å². The number of hydrogen-bond acceptors (Lipinski definition) is 4. The highest BCUT2D eigenvalue weighted by Crippen LogP contribution is 2.14. The van der Waals surface area contributed by atoms with E-state index >= 15 is 0 Å². The van der Waals surface area contributed by atoms with Crippen LogP contribution >= 0.6 is 0 Å². The number of hydrogen-bond donors (Lipinski definition) is 0. The molecule has 1 aliphatic rings. The molecule has 0 unspecified atom stereocenters. The van der Waals surface area contributed by atoms with Crippen molar-refractivity contribution in [2.24, 2.45) is 0 Å². The summed E-state index contributed by atoms with van der Waals surface area (Å²) in [5, 5.41) is 0. The first-order valence-electron chi connectivity index (χ1n) is 6.36. The zero-order valence-electron chi connectivity index (χ0n) is 10.9. The van der Waals surface area contributed by atoms with Gasteiger partial charge in [-0.25, -0.2) is 4.79 Å². The first-order chi connectivity index (χ1) is 8.17.